The maximum absolute atomic E-state index is 12.5. The number of amides is 2. The van der Waals surface area contributed by atoms with Crippen LogP contribution < -0.4 is 10.6 Å². The zero-order valence-corrected chi connectivity index (χ0v) is 17.0. The van der Waals surface area contributed by atoms with Crippen LogP contribution in [0, 0.1) is 5.92 Å². The lowest BCUT2D eigenvalue weighted by atomic mass is 9.93. The molecule has 2 saturated heterocycles. The number of nitrogens with zero attached hydrogens (tertiary/aromatic N) is 1. The van der Waals surface area contributed by atoms with E-state index in [9.17, 15) is 9.59 Å². The van der Waals surface area contributed by atoms with Crippen molar-refractivity contribution in [3.8, 4) is 0 Å². The van der Waals surface area contributed by atoms with Gasteiger partial charge in [0, 0.05) is 37.5 Å². The van der Waals surface area contributed by atoms with E-state index in [1.165, 1.54) is 5.56 Å². The van der Waals surface area contributed by atoms with E-state index in [-0.39, 0.29) is 30.1 Å². The molecule has 2 unspecified atom stereocenters. The van der Waals surface area contributed by atoms with Crippen molar-refractivity contribution in [3.63, 3.8) is 0 Å². The number of aryl methyl sites for hydroxylation is 1. The van der Waals surface area contributed by atoms with E-state index in [1.54, 1.807) is 0 Å². The smallest absolute Gasteiger partial charge is 0.223 e. The van der Waals surface area contributed by atoms with Gasteiger partial charge in [0.2, 0.25) is 11.8 Å². The Morgan fingerprint density at radius 3 is 2.52 bits per heavy atom. The predicted octanol–water partition coefficient (Wildman–Crippen LogP) is 2.54. The minimum atomic E-state index is 0. The summed E-state index contributed by atoms with van der Waals surface area (Å²) in [4.78, 5) is 26.9. The first-order valence-corrected chi connectivity index (χ1v) is 9.97. The number of hydrogen-bond donors (Lipinski definition) is 2. The fourth-order valence-corrected chi connectivity index (χ4v) is 4.03. The number of nitrogens with one attached hydrogen (secondary N) is 2. The predicted molar refractivity (Wildman–Crippen MR) is 110 cm³/mol. The van der Waals surface area contributed by atoms with Crippen LogP contribution in [-0.4, -0.2) is 48.4 Å². The van der Waals surface area contributed by atoms with Crippen molar-refractivity contribution in [1.82, 2.24) is 15.5 Å². The number of piperidine rings is 2. The Balaban J connectivity index is 0.00000261. The molecule has 0 bridgehead atoms. The first kappa shape index (κ1) is 21.7. The van der Waals surface area contributed by atoms with Gasteiger partial charge in [0.05, 0.1) is 0 Å². The van der Waals surface area contributed by atoms with Gasteiger partial charge in [-0.2, -0.15) is 0 Å². The Bertz CT molecular complexity index is 603. The first-order valence-electron chi connectivity index (χ1n) is 9.97. The quantitative estimate of drug-likeness (QED) is 0.808. The standard InChI is InChI=1S/C21H31N3O2.ClH/c1-16-15-19(9-12-22-16)23-21(26)18-10-13-24(14-11-18)20(25)8-7-17-5-3-2-4-6-17;/h2-6,16,18-19,22H,7-15H2,1H3,(H,23,26);1H. The lowest BCUT2D eigenvalue weighted by Gasteiger charge is -2.34. The second-order valence-corrected chi connectivity index (χ2v) is 7.73. The van der Waals surface area contributed by atoms with Gasteiger partial charge in [-0.05, 0) is 51.1 Å². The van der Waals surface area contributed by atoms with Crippen molar-refractivity contribution in [2.45, 2.75) is 57.5 Å². The monoisotopic (exact) mass is 393 g/mol. The van der Waals surface area contributed by atoms with Crippen LogP contribution in [0.25, 0.3) is 0 Å². The maximum atomic E-state index is 12.5. The number of hydrogen-bond acceptors (Lipinski definition) is 3. The van der Waals surface area contributed by atoms with Gasteiger partial charge in [-0.1, -0.05) is 30.3 Å². The average Bonchev–Trinajstić information content (AvgIpc) is 2.67. The first-order chi connectivity index (χ1) is 12.6. The zero-order chi connectivity index (χ0) is 18.4. The van der Waals surface area contributed by atoms with Gasteiger partial charge in [0.15, 0.2) is 0 Å². The molecule has 2 heterocycles. The van der Waals surface area contributed by atoms with Crippen molar-refractivity contribution in [2.75, 3.05) is 19.6 Å². The molecule has 2 atom stereocenters. The Hall–Kier alpha value is -1.59. The zero-order valence-electron chi connectivity index (χ0n) is 16.2. The van der Waals surface area contributed by atoms with Gasteiger partial charge in [0.25, 0.3) is 0 Å². The van der Waals surface area contributed by atoms with E-state index in [0.717, 1.165) is 38.6 Å². The molecule has 0 saturated carbocycles. The van der Waals surface area contributed by atoms with Crippen LogP contribution in [0.2, 0.25) is 0 Å². The highest BCUT2D eigenvalue weighted by atomic mass is 35.5. The summed E-state index contributed by atoms with van der Waals surface area (Å²) in [7, 11) is 0. The van der Waals surface area contributed by atoms with Gasteiger partial charge in [0.1, 0.15) is 0 Å². The molecule has 150 valence electrons. The maximum Gasteiger partial charge on any atom is 0.223 e. The van der Waals surface area contributed by atoms with Gasteiger partial charge < -0.3 is 15.5 Å². The molecular formula is C21H32ClN3O2. The Kier molecular flexibility index (Phi) is 8.58. The van der Waals surface area contributed by atoms with Crippen LogP contribution in [-0.2, 0) is 16.0 Å². The molecule has 0 radical (unpaired) electrons. The molecule has 2 aliphatic heterocycles. The van der Waals surface area contributed by atoms with Crippen LogP contribution in [0.15, 0.2) is 30.3 Å². The minimum Gasteiger partial charge on any atom is -0.353 e. The van der Waals surface area contributed by atoms with Crippen LogP contribution >= 0.6 is 12.4 Å². The van der Waals surface area contributed by atoms with E-state index in [0.29, 0.717) is 31.6 Å². The summed E-state index contributed by atoms with van der Waals surface area (Å²) >= 11 is 0. The lowest BCUT2D eigenvalue weighted by molar-refractivity contribution is -0.135. The number of carbonyl (C=O) groups excluding carboxylic acids is 2. The molecule has 1 aromatic carbocycles. The van der Waals surface area contributed by atoms with Crippen molar-refractivity contribution in [1.29, 1.82) is 0 Å². The van der Waals surface area contributed by atoms with Gasteiger partial charge >= 0.3 is 0 Å². The third-order valence-electron chi connectivity index (χ3n) is 5.66. The molecule has 2 amide bonds. The normalized spacial score (nSPS) is 23.4. The third-order valence-corrected chi connectivity index (χ3v) is 5.66. The lowest BCUT2D eigenvalue weighted by Crippen LogP contribution is -2.49. The largest absolute Gasteiger partial charge is 0.353 e. The van der Waals surface area contributed by atoms with Crippen molar-refractivity contribution in [2.24, 2.45) is 5.92 Å². The molecule has 1 aromatic rings. The van der Waals surface area contributed by atoms with E-state index < -0.39 is 0 Å². The molecule has 0 aromatic heterocycles. The van der Waals surface area contributed by atoms with E-state index >= 15 is 0 Å². The summed E-state index contributed by atoms with van der Waals surface area (Å²) in [5, 5.41) is 6.64. The Morgan fingerprint density at radius 1 is 1.15 bits per heavy atom. The molecular weight excluding hydrogens is 362 g/mol. The molecule has 27 heavy (non-hydrogen) atoms. The van der Waals surface area contributed by atoms with Gasteiger partial charge in [-0.3, -0.25) is 9.59 Å². The topological polar surface area (TPSA) is 61.4 Å². The third kappa shape index (κ3) is 6.51. The molecule has 0 spiro atoms. The molecule has 2 aliphatic rings. The summed E-state index contributed by atoms with van der Waals surface area (Å²) in [5.41, 5.74) is 1.20. The average molecular weight is 394 g/mol. The molecule has 6 heteroatoms. The molecule has 0 aliphatic carbocycles. The summed E-state index contributed by atoms with van der Waals surface area (Å²) in [6, 6.07) is 10.9. The van der Waals surface area contributed by atoms with Crippen LogP contribution in [0.5, 0.6) is 0 Å². The number of likely N-dealkylation sites (tertiary alicyclic amines) is 1. The summed E-state index contributed by atoms with van der Waals surface area (Å²) < 4.78 is 0. The van der Waals surface area contributed by atoms with E-state index in [4.69, 9.17) is 0 Å². The number of benzene rings is 1. The minimum absolute atomic E-state index is 0. The number of halogens is 1. The molecule has 3 rings (SSSR count). The number of carbonyl (C=O) groups is 2. The highest BCUT2D eigenvalue weighted by molar-refractivity contribution is 5.85. The van der Waals surface area contributed by atoms with Crippen LogP contribution in [0.4, 0.5) is 0 Å². The fraction of sp³-hybridized carbons (Fsp3) is 0.619. The van der Waals surface area contributed by atoms with E-state index in [1.807, 2.05) is 23.1 Å². The molecule has 5 nitrogen and oxygen atoms in total. The Morgan fingerprint density at radius 2 is 1.85 bits per heavy atom. The number of rotatable bonds is 5. The van der Waals surface area contributed by atoms with Crippen LogP contribution in [0.3, 0.4) is 0 Å². The van der Waals surface area contributed by atoms with Crippen LogP contribution in [0.1, 0.15) is 44.6 Å². The van der Waals surface area contributed by atoms with Crippen molar-refractivity contribution < 1.29 is 9.59 Å². The van der Waals surface area contributed by atoms with Crippen molar-refractivity contribution >= 4 is 24.2 Å². The summed E-state index contributed by atoms with van der Waals surface area (Å²) in [6.07, 6.45) is 4.91. The second-order valence-electron chi connectivity index (χ2n) is 7.73. The summed E-state index contributed by atoms with van der Waals surface area (Å²) in [5.74, 6) is 0.443. The van der Waals surface area contributed by atoms with Crippen molar-refractivity contribution in [3.05, 3.63) is 35.9 Å². The Labute approximate surface area is 168 Å². The highest BCUT2D eigenvalue weighted by Crippen LogP contribution is 2.20. The van der Waals surface area contributed by atoms with Gasteiger partial charge in [-0.15, -0.1) is 12.4 Å². The second kappa shape index (κ2) is 10.7. The molecule has 2 N–H and O–H groups in total. The fourth-order valence-electron chi connectivity index (χ4n) is 4.03. The van der Waals surface area contributed by atoms with Gasteiger partial charge in [-0.25, -0.2) is 0 Å². The summed E-state index contributed by atoms with van der Waals surface area (Å²) in [6.45, 7) is 4.54. The molecule has 2 fully saturated rings. The highest BCUT2D eigenvalue weighted by Gasteiger charge is 2.29. The SMILES string of the molecule is CC1CC(NC(=O)C2CCN(C(=O)CCc3ccccc3)CC2)CCN1.Cl. The van der Waals surface area contributed by atoms with E-state index in [2.05, 4.69) is 29.7 Å².